The normalized spacial score (nSPS) is 15.2. The van der Waals surface area contributed by atoms with Crippen LogP contribution in [-0.2, 0) is 4.79 Å². The summed E-state index contributed by atoms with van der Waals surface area (Å²) >= 11 is 0. The van der Waals surface area contributed by atoms with Gasteiger partial charge in [-0.15, -0.1) is 5.10 Å². The van der Waals surface area contributed by atoms with E-state index in [1.165, 1.54) is 0 Å². The number of rotatable bonds is 5. The van der Waals surface area contributed by atoms with E-state index in [0.29, 0.717) is 40.0 Å². The van der Waals surface area contributed by atoms with E-state index < -0.39 is 5.92 Å². The molecule has 33 heavy (non-hydrogen) atoms. The fourth-order valence-electron chi connectivity index (χ4n) is 4.27. The van der Waals surface area contributed by atoms with Crippen molar-refractivity contribution >= 4 is 11.4 Å². The molecular weight excluding hydrogens is 420 g/mol. The van der Waals surface area contributed by atoms with Gasteiger partial charge in [-0.25, -0.2) is 14.5 Å². The van der Waals surface area contributed by atoms with Crippen LogP contribution in [0.15, 0.2) is 66.2 Å². The second-order valence-corrected chi connectivity index (χ2v) is 7.70. The number of benzene rings is 2. The molecule has 0 spiro atoms. The first kappa shape index (κ1) is 20.7. The largest absolute Gasteiger partial charge is 0.497 e. The molecule has 0 saturated carbocycles. The molecule has 0 amide bonds. The fourth-order valence-corrected chi connectivity index (χ4v) is 4.27. The zero-order valence-electron chi connectivity index (χ0n) is 18.7. The van der Waals surface area contributed by atoms with Crippen molar-refractivity contribution in [2.24, 2.45) is 0 Å². The molecule has 8 heteroatoms. The summed E-state index contributed by atoms with van der Waals surface area (Å²) in [5.41, 5.74) is 3.47. The first-order chi connectivity index (χ1) is 16.0. The topological polar surface area (TPSA) is 87.8 Å². The van der Waals surface area contributed by atoms with E-state index in [0.717, 1.165) is 16.9 Å². The number of hydrogen-bond acceptors (Lipinski definition) is 7. The first-order valence-electron chi connectivity index (χ1n) is 10.4. The number of para-hydroxylation sites is 1. The highest BCUT2D eigenvalue weighted by Gasteiger charge is 2.36. The number of hydrogen-bond donors (Lipinski definition) is 0. The van der Waals surface area contributed by atoms with Crippen LogP contribution >= 0.6 is 0 Å². The number of nitrogens with zero attached hydrogens (tertiary/aromatic N) is 4. The summed E-state index contributed by atoms with van der Waals surface area (Å²) in [6.45, 7) is 3.33. The molecule has 0 saturated heterocycles. The Morgan fingerprint density at radius 2 is 1.82 bits per heavy atom. The molecule has 0 radical (unpaired) electrons. The van der Waals surface area contributed by atoms with E-state index >= 15 is 0 Å². The number of carbonyl (C=O) groups excluding carboxylic acids is 1. The zero-order chi connectivity index (χ0) is 23.1. The fraction of sp³-hybridized carbons (Fsp3) is 0.200. The number of fused-ring (bicyclic) bond motifs is 3. The molecule has 8 nitrogen and oxygen atoms in total. The molecular formula is C25H22N4O4. The number of Topliss-reactive ketones (excluding diaryl/α,β-unsaturated/α-hetero) is 1. The summed E-state index contributed by atoms with van der Waals surface area (Å²) < 4.78 is 18.4. The Morgan fingerprint density at radius 1 is 1.06 bits per heavy atom. The van der Waals surface area contributed by atoms with Crippen LogP contribution in [0, 0.1) is 0 Å². The number of methoxy groups -OCH3 is 2. The van der Waals surface area contributed by atoms with Crippen LogP contribution < -0.4 is 14.2 Å². The van der Waals surface area contributed by atoms with Gasteiger partial charge in [0.2, 0.25) is 5.88 Å². The maximum absolute atomic E-state index is 12.7. The van der Waals surface area contributed by atoms with Crippen molar-refractivity contribution in [1.82, 2.24) is 19.6 Å². The minimum absolute atomic E-state index is 0.0783. The lowest BCUT2D eigenvalue weighted by molar-refractivity contribution is -0.114. The highest BCUT2D eigenvalue weighted by Crippen LogP contribution is 2.44. The number of aromatic nitrogens is 4. The van der Waals surface area contributed by atoms with E-state index in [2.05, 4.69) is 10.1 Å². The second-order valence-electron chi connectivity index (χ2n) is 7.70. The number of carbonyl (C=O) groups is 1. The molecule has 1 aliphatic rings. The highest BCUT2D eigenvalue weighted by atomic mass is 16.5. The van der Waals surface area contributed by atoms with Crippen LogP contribution in [0.3, 0.4) is 0 Å². The quantitative estimate of drug-likeness (QED) is 0.458. The summed E-state index contributed by atoms with van der Waals surface area (Å²) in [6.07, 6.45) is 1.57. The lowest BCUT2D eigenvalue weighted by atomic mass is 9.82. The van der Waals surface area contributed by atoms with E-state index in [1.807, 2.05) is 48.5 Å². The van der Waals surface area contributed by atoms with Crippen molar-refractivity contribution in [3.05, 3.63) is 77.3 Å². The number of ketones is 1. The molecule has 0 fully saturated rings. The van der Waals surface area contributed by atoms with Crippen molar-refractivity contribution in [3.8, 4) is 28.8 Å². The third-order valence-electron chi connectivity index (χ3n) is 5.77. The molecule has 1 atom stereocenters. The molecule has 1 aliphatic heterocycles. The molecule has 2 aromatic carbocycles. The zero-order valence-corrected chi connectivity index (χ0v) is 18.7. The molecule has 0 N–H and O–H groups in total. The van der Waals surface area contributed by atoms with Gasteiger partial charge in [-0.1, -0.05) is 24.3 Å². The van der Waals surface area contributed by atoms with Gasteiger partial charge in [0.25, 0.3) is 0 Å². The lowest BCUT2D eigenvalue weighted by Crippen LogP contribution is -2.22. The van der Waals surface area contributed by atoms with E-state index in [-0.39, 0.29) is 5.78 Å². The number of allylic oxidation sites excluding steroid dienone is 2. The van der Waals surface area contributed by atoms with Gasteiger partial charge < -0.3 is 14.2 Å². The Balaban J connectivity index is 1.76. The van der Waals surface area contributed by atoms with Gasteiger partial charge in [0.15, 0.2) is 17.3 Å². The minimum Gasteiger partial charge on any atom is -0.497 e. The smallest absolute Gasteiger partial charge is 0.228 e. The van der Waals surface area contributed by atoms with Crippen molar-refractivity contribution < 1.29 is 19.0 Å². The molecule has 0 bridgehead atoms. The highest BCUT2D eigenvalue weighted by molar-refractivity contribution is 5.97. The lowest BCUT2D eigenvalue weighted by Gasteiger charge is -2.28. The van der Waals surface area contributed by atoms with Crippen molar-refractivity contribution in [2.75, 3.05) is 14.2 Å². The van der Waals surface area contributed by atoms with E-state index in [1.54, 1.807) is 38.9 Å². The van der Waals surface area contributed by atoms with Crippen LogP contribution in [0.2, 0.25) is 0 Å². The van der Waals surface area contributed by atoms with Gasteiger partial charge in [0, 0.05) is 11.5 Å². The molecule has 166 valence electrons. The second kappa shape index (κ2) is 8.05. The third kappa shape index (κ3) is 3.40. The summed E-state index contributed by atoms with van der Waals surface area (Å²) in [6, 6.07) is 15.2. The molecule has 0 aliphatic carbocycles. The summed E-state index contributed by atoms with van der Waals surface area (Å²) in [5, 5.41) is 4.63. The van der Waals surface area contributed by atoms with E-state index in [4.69, 9.17) is 19.2 Å². The first-order valence-corrected chi connectivity index (χ1v) is 10.4. The third-order valence-corrected chi connectivity index (χ3v) is 5.77. The van der Waals surface area contributed by atoms with Crippen LogP contribution in [0.1, 0.15) is 30.9 Å². The molecule has 3 heterocycles. The van der Waals surface area contributed by atoms with Gasteiger partial charge in [0.1, 0.15) is 23.6 Å². The Kier molecular flexibility index (Phi) is 5.05. The van der Waals surface area contributed by atoms with Crippen LogP contribution in [0.25, 0.3) is 17.0 Å². The SMILES string of the molecule is COc1ccc(C2C(C(C)=O)=C(C)Oc3ncn4nc(-c5ccccc5OC)nc4c32)cc1. The predicted molar refractivity (Wildman–Crippen MR) is 122 cm³/mol. The summed E-state index contributed by atoms with van der Waals surface area (Å²) in [5.74, 6) is 2.33. The standard InChI is InChI=1S/C25H22N4O4/c1-14(30)20-15(2)33-25-22(21(20)16-9-11-17(31-3)12-10-16)24-27-23(28-29(24)13-26-25)18-7-5-6-8-19(18)32-4/h5-13,21H,1-4H3. The maximum atomic E-state index is 12.7. The van der Waals surface area contributed by atoms with Gasteiger partial charge in [-0.05, 0) is 43.7 Å². The van der Waals surface area contributed by atoms with Gasteiger partial charge in [-0.3, -0.25) is 4.79 Å². The van der Waals surface area contributed by atoms with Crippen LogP contribution in [0.5, 0.6) is 17.4 Å². The minimum atomic E-state index is -0.414. The molecule has 5 rings (SSSR count). The maximum Gasteiger partial charge on any atom is 0.228 e. The van der Waals surface area contributed by atoms with Crippen molar-refractivity contribution in [3.63, 3.8) is 0 Å². The molecule has 2 aromatic heterocycles. The Morgan fingerprint density at radius 3 is 2.52 bits per heavy atom. The molecule has 4 aromatic rings. The molecule has 1 unspecified atom stereocenters. The summed E-state index contributed by atoms with van der Waals surface area (Å²) in [4.78, 5) is 22.0. The van der Waals surface area contributed by atoms with Crippen molar-refractivity contribution in [2.45, 2.75) is 19.8 Å². The van der Waals surface area contributed by atoms with E-state index in [9.17, 15) is 4.79 Å². The van der Waals surface area contributed by atoms with Crippen molar-refractivity contribution in [1.29, 1.82) is 0 Å². The Hall–Kier alpha value is -4.20. The average Bonchev–Trinajstić information content (AvgIpc) is 3.27. The predicted octanol–water partition coefficient (Wildman–Crippen LogP) is 4.20. The average molecular weight is 442 g/mol. The Labute approximate surface area is 190 Å². The Bertz CT molecular complexity index is 1410. The van der Waals surface area contributed by atoms with Gasteiger partial charge >= 0.3 is 0 Å². The van der Waals surface area contributed by atoms with Crippen LogP contribution in [-0.4, -0.2) is 39.6 Å². The van der Waals surface area contributed by atoms with Gasteiger partial charge in [-0.2, -0.15) is 0 Å². The monoisotopic (exact) mass is 442 g/mol. The van der Waals surface area contributed by atoms with Gasteiger partial charge in [0.05, 0.1) is 25.3 Å². The summed E-state index contributed by atoms with van der Waals surface area (Å²) in [7, 11) is 3.23. The van der Waals surface area contributed by atoms with Crippen LogP contribution in [0.4, 0.5) is 0 Å². The number of ether oxygens (including phenoxy) is 3.